The van der Waals surface area contributed by atoms with Crippen LogP contribution in [0.4, 0.5) is 0 Å². The van der Waals surface area contributed by atoms with E-state index >= 15 is 0 Å². The molecule has 0 spiro atoms. The second-order valence-corrected chi connectivity index (χ2v) is 6.26. The van der Waals surface area contributed by atoms with E-state index in [2.05, 4.69) is 10.6 Å². The Balaban J connectivity index is 2.25. The summed E-state index contributed by atoms with van der Waals surface area (Å²) in [6.07, 6.45) is 1.60. The predicted molar refractivity (Wildman–Crippen MR) is 77.4 cm³/mol. The number of carbonyl (C=O) groups is 2. The number of carbonyl (C=O) groups excluding carboxylic acids is 2. The summed E-state index contributed by atoms with van der Waals surface area (Å²) in [5.41, 5.74) is -0.0622. The van der Waals surface area contributed by atoms with E-state index in [0.29, 0.717) is 19.6 Å². The van der Waals surface area contributed by atoms with Crippen LogP contribution in [-0.4, -0.2) is 61.6 Å². The summed E-state index contributed by atoms with van der Waals surface area (Å²) in [5.74, 6) is 0.0354. The van der Waals surface area contributed by atoms with Crippen LogP contribution in [0.1, 0.15) is 33.6 Å². The number of piperidine rings is 1. The Kier molecular flexibility index (Phi) is 6.42. The van der Waals surface area contributed by atoms with E-state index in [1.807, 2.05) is 20.8 Å². The molecule has 1 fully saturated rings. The van der Waals surface area contributed by atoms with E-state index in [1.54, 1.807) is 4.90 Å². The van der Waals surface area contributed by atoms with E-state index in [4.69, 9.17) is 4.74 Å². The minimum atomic E-state index is -0.0622. The quantitative estimate of drug-likeness (QED) is 0.753. The summed E-state index contributed by atoms with van der Waals surface area (Å²) >= 11 is 0. The molecule has 0 aromatic carbocycles. The topological polar surface area (TPSA) is 70.7 Å². The molecule has 6 nitrogen and oxygen atoms in total. The molecule has 2 N–H and O–H groups in total. The first-order valence-electron chi connectivity index (χ1n) is 7.13. The van der Waals surface area contributed by atoms with Crippen molar-refractivity contribution in [2.75, 3.05) is 33.4 Å². The van der Waals surface area contributed by atoms with Crippen molar-refractivity contribution < 1.29 is 14.3 Å². The third-order valence-electron chi connectivity index (χ3n) is 3.26. The zero-order valence-electron chi connectivity index (χ0n) is 13.0. The molecule has 0 bridgehead atoms. The normalized spacial score (nSPS) is 17.1. The maximum Gasteiger partial charge on any atom is 0.248 e. The minimum absolute atomic E-state index is 0.0154. The summed E-state index contributed by atoms with van der Waals surface area (Å²) < 4.78 is 4.84. The molecule has 2 amide bonds. The van der Waals surface area contributed by atoms with Gasteiger partial charge in [0.15, 0.2) is 0 Å². The Morgan fingerprint density at radius 3 is 2.35 bits per heavy atom. The van der Waals surface area contributed by atoms with Crippen molar-refractivity contribution in [1.82, 2.24) is 15.5 Å². The van der Waals surface area contributed by atoms with Crippen molar-refractivity contribution in [3.63, 3.8) is 0 Å². The van der Waals surface area contributed by atoms with E-state index in [0.717, 1.165) is 12.8 Å². The first kappa shape index (κ1) is 16.9. The lowest BCUT2D eigenvalue weighted by Crippen LogP contribution is -2.50. The fraction of sp³-hybridized carbons (Fsp3) is 0.857. The molecule has 0 saturated carbocycles. The van der Waals surface area contributed by atoms with E-state index in [9.17, 15) is 9.59 Å². The average molecular weight is 285 g/mol. The highest BCUT2D eigenvalue weighted by Gasteiger charge is 2.23. The fourth-order valence-corrected chi connectivity index (χ4v) is 2.11. The molecule has 6 heteroatoms. The molecular formula is C14H27N3O3. The van der Waals surface area contributed by atoms with Crippen LogP contribution in [0.25, 0.3) is 0 Å². The third kappa shape index (κ3) is 6.34. The Labute approximate surface area is 121 Å². The molecule has 0 radical (unpaired) electrons. The summed E-state index contributed by atoms with van der Waals surface area (Å²) in [6.45, 7) is 7.90. The number of methoxy groups -OCH3 is 1. The van der Waals surface area contributed by atoms with Gasteiger partial charge in [-0.25, -0.2) is 0 Å². The highest BCUT2D eigenvalue weighted by molar-refractivity contribution is 5.79. The standard InChI is InChI=1S/C14H27N3O3/c1-14(2,3)15-9-12(18)16-11-5-7-17(8-6-11)13(19)10-20-4/h11,15H,5-10H2,1-4H3,(H,16,18). The number of likely N-dealkylation sites (tertiary alicyclic amines) is 1. The largest absolute Gasteiger partial charge is 0.375 e. The lowest BCUT2D eigenvalue weighted by molar-refractivity contribution is -0.136. The monoisotopic (exact) mass is 285 g/mol. The van der Waals surface area contributed by atoms with Gasteiger partial charge in [0.1, 0.15) is 6.61 Å². The molecule has 0 aliphatic carbocycles. The molecule has 0 atom stereocenters. The maximum absolute atomic E-state index is 11.8. The van der Waals surface area contributed by atoms with Gasteiger partial charge >= 0.3 is 0 Å². The number of hydrogen-bond donors (Lipinski definition) is 2. The van der Waals surface area contributed by atoms with Gasteiger partial charge in [-0.2, -0.15) is 0 Å². The van der Waals surface area contributed by atoms with Crippen molar-refractivity contribution in [1.29, 1.82) is 0 Å². The number of hydrogen-bond acceptors (Lipinski definition) is 4. The highest BCUT2D eigenvalue weighted by atomic mass is 16.5. The third-order valence-corrected chi connectivity index (χ3v) is 3.26. The van der Waals surface area contributed by atoms with Crippen LogP contribution in [0.15, 0.2) is 0 Å². The summed E-state index contributed by atoms with van der Waals surface area (Å²) in [6, 6.07) is 0.163. The van der Waals surface area contributed by atoms with Crippen LogP contribution < -0.4 is 10.6 Å². The lowest BCUT2D eigenvalue weighted by atomic mass is 10.0. The Morgan fingerprint density at radius 2 is 1.85 bits per heavy atom. The van der Waals surface area contributed by atoms with Crippen molar-refractivity contribution in [2.24, 2.45) is 0 Å². The summed E-state index contributed by atoms with van der Waals surface area (Å²) in [7, 11) is 1.52. The van der Waals surface area contributed by atoms with Crippen molar-refractivity contribution >= 4 is 11.8 Å². The van der Waals surface area contributed by atoms with Gasteiger partial charge in [0.05, 0.1) is 6.54 Å². The molecule has 1 rings (SSSR count). The van der Waals surface area contributed by atoms with Crippen molar-refractivity contribution in [2.45, 2.75) is 45.2 Å². The van der Waals surface area contributed by atoms with Gasteiger partial charge < -0.3 is 20.3 Å². The number of nitrogens with zero attached hydrogens (tertiary/aromatic N) is 1. The summed E-state index contributed by atoms with van der Waals surface area (Å²) in [4.78, 5) is 25.2. The lowest BCUT2D eigenvalue weighted by Gasteiger charge is -2.32. The zero-order chi connectivity index (χ0) is 15.2. The average Bonchev–Trinajstić information content (AvgIpc) is 2.37. The zero-order valence-corrected chi connectivity index (χ0v) is 13.0. The smallest absolute Gasteiger partial charge is 0.248 e. The minimum Gasteiger partial charge on any atom is -0.375 e. The number of amides is 2. The molecule has 20 heavy (non-hydrogen) atoms. The van der Waals surface area contributed by atoms with E-state index in [1.165, 1.54) is 7.11 Å². The SMILES string of the molecule is COCC(=O)N1CCC(NC(=O)CNC(C)(C)C)CC1. The van der Waals surface area contributed by atoms with E-state index < -0.39 is 0 Å². The van der Waals surface area contributed by atoms with Gasteiger partial charge in [-0.15, -0.1) is 0 Å². The van der Waals surface area contributed by atoms with Gasteiger partial charge in [0.2, 0.25) is 11.8 Å². The van der Waals surface area contributed by atoms with Crippen LogP contribution in [0.2, 0.25) is 0 Å². The molecule has 0 aromatic rings. The molecule has 116 valence electrons. The van der Waals surface area contributed by atoms with Gasteiger partial charge in [-0.3, -0.25) is 9.59 Å². The second-order valence-electron chi connectivity index (χ2n) is 6.26. The van der Waals surface area contributed by atoms with Gasteiger partial charge in [-0.1, -0.05) is 0 Å². The Hall–Kier alpha value is -1.14. The molecular weight excluding hydrogens is 258 g/mol. The first-order valence-corrected chi connectivity index (χ1v) is 7.13. The first-order chi connectivity index (χ1) is 9.31. The predicted octanol–water partition coefficient (Wildman–Crippen LogP) is 0.128. The Bertz CT molecular complexity index is 331. The van der Waals surface area contributed by atoms with Crippen LogP contribution in [0.3, 0.4) is 0 Å². The van der Waals surface area contributed by atoms with Crippen LogP contribution in [0.5, 0.6) is 0 Å². The van der Waals surface area contributed by atoms with Crippen LogP contribution >= 0.6 is 0 Å². The van der Waals surface area contributed by atoms with E-state index in [-0.39, 0.29) is 30.0 Å². The van der Waals surface area contributed by atoms with Crippen molar-refractivity contribution in [3.8, 4) is 0 Å². The molecule has 0 unspecified atom stereocenters. The van der Waals surface area contributed by atoms with Gasteiger partial charge in [-0.05, 0) is 33.6 Å². The number of ether oxygens (including phenoxy) is 1. The van der Waals surface area contributed by atoms with Gasteiger partial charge in [0.25, 0.3) is 0 Å². The maximum atomic E-state index is 11.8. The van der Waals surface area contributed by atoms with Crippen LogP contribution in [0, 0.1) is 0 Å². The van der Waals surface area contributed by atoms with Crippen LogP contribution in [-0.2, 0) is 14.3 Å². The highest BCUT2D eigenvalue weighted by Crippen LogP contribution is 2.10. The molecule has 1 saturated heterocycles. The molecule has 1 aliphatic heterocycles. The fourth-order valence-electron chi connectivity index (χ4n) is 2.11. The van der Waals surface area contributed by atoms with Crippen molar-refractivity contribution in [3.05, 3.63) is 0 Å². The summed E-state index contributed by atoms with van der Waals surface area (Å²) in [5, 5.41) is 6.17. The second kappa shape index (κ2) is 7.59. The Morgan fingerprint density at radius 1 is 1.25 bits per heavy atom. The molecule has 1 heterocycles. The number of rotatable bonds is 5. The van der Waals surface area contributed by atoms with Gasteiger partial charge in [0, 0.05) is 31.8 Å². The number of nitrogens with one attached hydrogen (secondary N) is 2. The molecule has 1 aliphatic rings. The molecule has 0 aromatic heterocycles.